The number of benzene rings is 2. The van der Waals surface area contributed by atoms with Crippen molar-refractivity contribution in [1.29, 1.82) is 0 Å². The Morgan fingerprint density at radius 2 is 1.90 bits per heavy atom. The van der Waals surface area contributed by atoms with Crippen molar-refractivity contribution >= 4 is 34.2 Å². The average molecular weight is 408 g/mol. The van der Waals surface area contributed by atoms with Crippen molar-refractivity contribution in [2.75, 3.05) is 25.4 Å². The fourth-order valence-electron chi connectivity index (χ4n) is 3.86. The Balaban J connectivity index is 1.50. The molecule has 3 aromatic rings. The third-order valence-corrected chi connectivity index (χ3v) is 5.40. The Morgan fingerprint density at radius 1 is 1.13 bits per heavy atom. The van der Waals surface area contributed by atoms with Crippen molar-refractivity contribution in [3.63, 3.8) is 0 Å². The molecule has 4 rings (SSSR count). The number of Topliss-reactive ketones (excluding diaryl/α,β-unsaturated/α-hetero) is 1. The first kappa shape index (κ1) is 19.6. The van der Waals surface area contributed by atoms with Gasteiger partial charge in [-0.25, -0.2) is 4.39 Å². The van der Waals surface area contributed by atoms with Crippen LogP contribution in [0.5, 0.6) is 0 Å². The van der Waals surface area contributed by atoms with Crippen molar-refractivity contribution < 1.29 is 18.8 Å². The topological polar surface area (TPSA) is 99.5 Å². The van der Waals surface area contributed by atoms with Crippen LogP contribution in [0.1, 0.15) is 27.6 Å². The summed E-state index contributed by atoms with van der Waals surface area (Å²) in [4.78, 5) is 44.3. The standard InChI is InChI=1S/C22H21FN4O3/c1-13-12-26(21(29)14-4-2-5-15(24)10-14)8-9-27(13)22(30)20(28)16-11-25-18-7-3-6-17(23)19(16)18/h2-7,10-11,13,25H,8-9,12,24H2,1H3/t13-/m1/s1. The Bertz CT molecular complexity index is 1160. The van der Waals surface area contributed by atoms with E-state index in [-0.39, 0.29) is 36.0 Å². The molecule has 1 saturated heterocycles. The zero-order valence-electron chi connectivity index (χ0n) is 16.4. The summed E-state index contributed by atoms with van der Waals surface area (Å²) in [5, 5.41) is 0.110. The summed E-state index contributed by atoms with van der Waals surface area (Å²) in [6.07, 6.45) is 1.36. The monoisotopic (exact) mass is 408 g/mol. The lowest BCUT2D eigenvalue weighted by Gasteiger charge is -2.39. The molecule has 2 aromatic carbocycles. The first-order chi connectivity index (χ1) is 14.4. The normalized spacial score (nSPS) is 16.7. The molecule has 0 unspecified atom stereocenters. The molecule has 0 bridgehead atoms. The molecule has 0 aliphatic carbocycles. The van der Waals surface area contributed by atoms with Crippen LogP contribution in [-0.4, -0.2) is 58.1 Å². The molecular weight excluding hydrogens is 387 g/mol. The number of nitrogens with two attached hydrogens (primary N) is 1. The van der Waals surface area contributed by atoms with E-state index in [1.165, 1.54) is 23.2 Å². The van der Waals surface area contributed by atoms with Gasteiger partial charge in [0.1, 0.15) is 5.82 Å². The maximum absolute atomic E-state index is 14.2. The van der Waals surface area contributed by atoms with Gasteiger partial charge in [-0.2, -0.15) is 0 Å². The molecule has 1 atom stereocenters. The highest BCUT2D eigenvalue weighted by Gasteiger charge is 2.34. The number of aromatic amines is 1. The minimum Gasteiger partial charge on any atom is -0.399 e. The van der Waals surface area contributed by atoms with E-state index in [9.17, 15) is 18.8 Å². The molecule has 0 spiro atoms. The second-order valence-corrected chi connectivity index (χ2v) is 7.42. The summed E-state index contributed by atoms with van der Waals surface area (Å²) in [6, 6.07) is 10.8. The number of nitrogens with zero attached hydrogens (tertiary/aromatic N) is 2. The van der Waals surface area contributed by atoms with E-state index in [0.29, 0.717) is 23.3 Å². The number of aromatic nitrogens is 1. The number of H-pyrrole nitrogens is 1. The number of nitrogens with one attached hydrogen (secondary N) is 1. The van der Waals surface area contributed by atoms with Gasteiger partial charge in [0.15, 0.2) is 0 Å². The number of ketones is 1. The summed E-state index contributed by atoms with van der Waals surface area (Å²) < 4.78 is 14.2. The van der Waals surface area contributed by atoms with Gasteiger partial charge in [0.25, 0.3) is 17.6 Å². The highest BCUT2D eigenvalue weighted by molar-refractivity contribution is 6.45. The Kier molecular flexibility index (Phi) is 4.99. The van der Waals surface area contributed by atoms with Gasteiger partial charge in [-0.1, -0.05) is 12.1 Å². The van der Waals surface area contributed by atoms with Crippen molar-refractivity contribution in [2.24, 2.45) is 0 Å². The lowest BCUT2D eigenvalue weighted by Crippen LogP contribution is -2.56. The van der Waals surface area contributed by atoms with Gasteiger partial charge in [-0.15, -0.1) is 0 Å². The van der Waals surface area contributed by atoms with Crippen LogP contribution in [0.25, 0.3) is 10.9 Å². The largest absolute Gasteiger partial charge is 0.399 e. The summed E-state index contributed by atoms with van der Waals surface area (Å²) in [5.74, 6) is -2.21. The first-order valence-corrected chi connectivity index (χ1v) is 9.62. The number of carbonyl (C=O) groups excluding carboxylic acids is 3. The first-order valence-electron chi connectivity index (χ1n) is 9.62. The molecule has 8 heteroatoms. The van der Waals surface area contributed by atoms with Crippen LogP contribution in [0.4, 0.5) is 10.1 Å². The van der Waals surface area contributed by atoms with Crippen LogP contribution in [0.3, 0.4) is 0 Å². The summed E-state index contributed by atoms with van der Waals surface area (Å²) in [5.41, 5.74) is 7.20. The van der Waals surface area contributed by atoms with Crippen LogP contribution in [0.15, 0.2) is 48.7 Å². The molecule has 2 amide bonds. The van der Waals surface area contributed by atoms with Gasteiger partial charge < -0.3 is 20.5 Å². The van der Waals surface area contributed by atoms with E-state index in [4.69, 9.17) is 5.73 Å². The molecule has 1 aromatic heterocycles. The molecule has 154 valence electrons. The van der Waals surface area contributed by atoms with E-state index < -0.39 is 17.5 Å². The Labute approximate surface area is 172 Å². The molecule has 2 heterocycles. The van der Waals surface area contributed by atoms with Crippen molar-refractivity contribution in [2.45, 2.75) is 13.0 Å². The number of halogens is 1. The molecule has 0 radical (unpaired) electrons. The molecule has 3 N–H and O–H groups in total. The minimum atomic E-state index is -0.770. The van der Waals surface area contributed by atoms with E-state index >= 15 is 0 Å². The summed E-state index contributed by atoms with van der Waals surface area (Å²) in [6.45, 7) is 2.57. The highest BCUT2D eigenvalue weighted by Crippen LogP contribution is 2.23. The third-order valence-electron chi connectivity index (χ3n) is 5.40. The lowest BCUT2D eigenvalue weighted by atomic mass is 10.1. The molecule has 0 saturated carbocycles. The van der Waals surface area contributed by atoms with Crippen LogP contribution in [0, 0.1) is 5.82 Å². The van der Waals surface area contributed by atoms with E-state index in [0.717, 1.165) is 0 Å². The van der Waals surface area contributed by atoms with Gasteiger partial charge in [0.05, 0.1) is 5.56 Å². The number of rotatable bonds is 3. The van der Waals surface area contributed by atoms with Crippen molar-refractivity contribution in [1.82, 2.24) is 14.8 Å². The van der Waals surface area contributed by atoms with Gasteiger partial charge in [0, 0.05) is 54.0 Å². The number of hydrogen-bond donors (Lipinski definition) is 2. The quantitative estimate of drug-likeness (QED) is 0.395. The van der Waals surface area contributed by atoms with Gasteiger partial charge in [-0.3, -0.25) is 14.4 Å². The number of fused-ring (bicyclic) bond motifs is 1. The highest BCUT2D eigenvalue weighted by atomic mass is 19.1. The fraction of sp³-hybridized carbons (Fsp3) is 0.227. The second kappa shape index (κ2) is 7.62. The number of anilines is 1. The van der Waals surface area contributed by atoms with Gasteiger partial charge in [-0.05, 0) is 37.3 Å². The SMILES string of the molecule is C[C@@H]1CN(C(=O)c2cccc(N)c2)CCN1C(=O)C(=O)c1c[nH]c2cccc(F)c12. The summed E-state index contributed by atoms with van der Waals surface area (Å²) >= 11 is 0. The molecule has 1 aliphatic heterocycles. The number of nitrogen functional groups attached to an aromatic ring is 1. The van der Waals surface area contributed by atoms with Crippen molar-refractivity contribution in [3.05, 3.63) is 65.6 Å². The molecular formula is C22H21FN4O3. The molecule has 7 nitrogen and oxygen atoms in total. The maximum atomic E-state index is 14.2. The van der Waals surface area contributed by atoms with E-state index in [2.05, 4.69) is 4.98 Å². The predicted molar refractivity (Wildman–Crippen MR) is 111 cm³/mol. The molecule has 30 heavy (non-hydrogen) atoms. The van der Waals surface area contributed by atoms with Gasteiger partial charge >= 0.3 is 0 Å². The smallest absolute Gasteiger partial charge is 0.295 e. The van der Waals surface area contributed by atoms with Crippen LogP contribution >= 0.6 is 0 Å². The molecule has 1 fully saturated rings. The number of piperazine rings is 1. The second-order valence-electron chi connectivity index (χ2n) is 7.42. The zero-order chi connectivity index (χ0) is 21.4. The number of carbonyl (C=O) groups is 3. The predicted octanol–water partition coefficient (Wildman–Crippen LogP) is 2.44. The average Bonchev–Trinajstić information content (AvgIpc) is 3.17. The Hall–Kier alpha value is -3.68. The fourth-order valence-corrected chi connectivity index (χ4v) is 3.86. The van der Waals surface area contributed by atoms with E-state index in [1.54, 1.807) is 42.2 Å². The minimum absolute atomic E-state index is 0.0126. The van der Waals surface area contributed by atoms with Crippen molar-refractivity contribution in [3.8, 4) is 0 Å². The van der Waals surface area contributed by atoms with E-state index in [1.807, 2.05) is 0 Å². The number of hydrogen-bond acceptors (Lipinski definition) is 4. The zero-order valence-corrected chi connectivity index (χ0v) is 16.4. The Morgan fingerprint density at radius 3 is 2.63 bits per heavy atom. The number of amides is 2. The maximum Gasteiger partial charge on any atom is 0.295 e. The van der Waals surface area contributed by atoms with Crippen LogP contribution in [0.2, 0.25) is 0 Å². The third kappa shape index (κ3) is 3.41. The lowest BCUT2D eigenvalue weighted by molar-refractivity contribution is -0.130. The summed E-state index contributed by atoms with van der Waals surface area (Å²) in [7, 11) is 0. The van der Waals surface area contributed by atoms with Crippen LogP contribution < -0.4 is 5.73 Å². The molecule has 1 aliphatic rings. The van der Waals surface area contributed by atoms with Crippen LogP contribution in [-0.2, 0) is 4.79 Å². The van der Waals surface area contributed by atoms with Gasteiger partial charge in [0.2, 0.25) is 0 Å².